The van der Waals surface area contributed by atoms with Gasteiger partial charge in [-0.05, 0) is 35.9 Å². The first-order valence-electron chi connectivity index (χ1n) is 6.29. The monoisotopic (exact) mass is 278 g/mol. The quantitative estimate of drug-likeness (QED) is 0.906. The van der Waals surface area contributed by atoms with Crippen LogP contribution in [0.3, 0.4) is 0 Å². The molecule has 0 aliphatic rings. The summed E-state index contributed by atoms with van der Waals surface area (Å²) in [6.45, 7) is 3.68. The van der Waals surface area contributed by atoms with E-state index in [1.807, 2.05) is 13.8 Å². The number of rotatable bonds is 5. The van der Waals surface area contributed by atoms with Gasteiger partial charge in [-0.15, -0.1) is 5.10 Å². The molecule has 0 bridgehead atoms. The fourth-order valence-corrected chi connectivity index (χ4v) is 2.03. The van der Waals surface area contributed by atoms with Gasteiger partial charge in [0.2, 0.25) is 0 Å². The minimum atomic E-state index is -0.942. The van der Waals surface area contributed by atoms with Crippen LogP contribution in [0.25, 0.3) is 11.4 Å². The Labute approximate surface area is 115 Å². The van der Waals surface area contributed by atoms with Gasteiger partial charge >= 0.3 is 5.97 Å². The van der Waals surface area contributed by atoms with Crippen LogP contribution < -0.4 is 0 Å². The van der Waals surface area contributed by atoms with Gasteiger partial charge in [-0.3, -0.25) is 4.79 Å². The number of tetrazole rings is 1. The zero-order valence-corrected chi connectivity index (χ0v) is 11.2. The minimum Gasteiger partial charge on any atom is -0.481 e. The van der Waals surface area contributed by atoms with E-state index in [4.69, 9.17) is 5.11 Å². The molecule has 0 saturated carbocycles. The lowest BCUT2D eigenvalue weighted by Gasteiger charge is -2.14. The second-order valence-electron chi connectivity index (χ2n) is 4.59. The van der Waals surface area contributed by atoms with Gasteiger partial charge in [0, 0.05) is 0 Å². The standard InChI is InChI=1S/C13H15FN4O2/c1-3-9(7-12(19)20)18-13(15-16-17-18)10-6-8(2)4-5-11(10)14/h4-6,9H,3,7H2,1-2H3,(H,19,20). The van der Waals surface area contributed by atoms with Gasteiger partial charge in [0.1, 0.15) is 5.82 Å². The van der Waals surface area contributed by atoms with Crippen molar-refractivity contribution >= 4 is 5.97 Å². The third-order valence-corrected chi connectivity index (χ3v) is 3.08. The highest BCUT2D eigenvalue weighted by atomic mass is 19.1. The van der Waals surface area contributed by atoms with E-state index in [-0.39, 0.29) is 17.8 Å². The van der Waals surface area contributed by atoms with E-state index in [0.29, 0.717) is 6.42 Å². The van der Waals surface area contributed by atoms with Crippen LogP contribution in [0.4, 0.5) is 4.39 Å². The highest BCUT2D eigenvalue weighted by Gasteiger charge is 2.21. The Bertz CT molecular complexity index is 627. The Morgan fingerprint density at radius 3 is 2.90 bits per heavy atom. The van der Waals surface area contributed by atoms with Crippen molar-refractivity contribution in [3.05, 3.63) is 29.6 Å². The Hall–Kier alpha value is -2.31. The Morgan fingerprint density at radius 2 is 2.25 bits per heavy atom. The molecular weight excluding hydrogens is 263 g/mol. The number of aryl methyl sites for hydroxylation is 1. The molecule has 0 amide bonds. The first-order chi connectivity index (χ1) is 9.52. The number of carboxylic acids is 1. The van der Waals surface area contributed by atoms with Crippen LogP contribution in [0.1, 0.15) is 31.4 Å². The number of carboxylic acid groups (broad SMARTS) is 1. The number of hydrogen-bond acceptors (Lipinski definition) is 4. The van der Waals surface area contributed by atoms with Crippen LogP contribution in [-0.2, 0) is 4.79 Å². The highest BCUT2D eigenvalue weighted by molar-refractivity contribution is 5.67. The smallest absolute Gasteiger partial charge is 0.305 e. The average Bonchev–Trinajstić information content (AvgIpc) is 2.87. The van der Waals surface area contributed by atoms with Crippen LogP contribution in [0.5, 0.6) is 0 Å². The second-order valence-corrected chi connectivity index (χ2v) is 4.59. The molecule has 0 aliphatic carbocycles. The molecule has 1 unspecified atom stereocenters. The van der Waals surface area contributed by atoms with E-state index in [0.717, 1.165) is 5.56 Å². The Balaban J connectivity index is 2.46. The molecule has 106 valence electrons. The summed E-state index contributed by atoms with van der Waals surface area (Å²) in [5.41, 5.74) is 1.15. The predicted molar refractivity (Wildman–Crippen MR) is 69.5 cm³/mol. The molecule has 0 fully saturated rings. The van der Waals surface area contributed by atoms with Gasteiger partial charge in [0.05, 0.1) is 18.0 Å². The number of aliphatic carboxylic acids is 1. The largest absolute Gasteiger partial charge is 0.481 e. The molecule has 1 N–H and O–H groups in total. The molecule has 0 saturated heterocycles. The van der Waals surface area contributed by atoms with Gasteiger partial charge in [0.15, 0.2) is 5.82 Å². The third-order valence-electron chi connectivity index (χ3n) is 3.08. The summed E-state index contributed by atoms with van der Waals surface area (Å²) in [5, 5.41) is 20.1. The van der Waals surface area contributed by atoms with Crippen LogP contribution in [0.15, 0.2) is 18.2 Å². The summed E-state index contributed by atoms with van der Waals surface area (Å²) in [6.07, 6.45) is 0.430. The lowest BCUT2D eigenvalue weighted by atomic mass is 10.1. The SMILES string of the molecule is CCC(CC(=O)O)n1nnnc1-c1cc(C)ccc1F. The molecular formula is C13H15FN4O2. The fraction of sp³-hybridized carbons (Fsp3) is 0.385. The zero-order valence-electron chi connectivity index (χ0n) is 11.2. The van der Waals surface area contributed by atoms with Crippen molar-refractivity contribution in [1.29, 1.82) is 0 Å². The maximum Gasteiger partial charge on any atom is 0.305 e. The summed E-state index contributed by atoms with van der Waals surface area (Å²) in [6, 6.07) is 4.24. The van der Waals surface area contributed by atoms with E-state index < -0.39 is 17.8 Å². The summed E-state index contributed by atoms with van der Waals surface area (Å²) in [5.74, 6) is -1.13. The fourth-order valence-electron chi connectivity index (χ4n) is 2.03. The number of benzene rings is 1. The van der Waals surface area contributed by atoms with Crippen molar-refractivity contribution in [2.75, 3.05) is 0 Å². The lowest BCUT2D eigenvalue weighted by molar-refractivity contribution is -0.138. The molecule has 20 heavy (non-hydrogen) atoms. The normalized spacial score (nSPS) is 12.3. The highest BCUT2D eigenvalue weighted by Crippen LogP contribution is 2.25. The van der Waals surface area contributed by atoms with Crippen LogP contribution in [0, 0.1) is 12.7 Å². The molecule has 1 heterocycles. The van der Waals surface area contributed by atoms with Gasteiger partial charge in [-0.2, -0.15) is 0 Å². The van der Waals surface area contributed by atoms with Crippen LogP contribution in [0.2, 0.25) is 0 Å². The van der Waals surface area contributed by atoms with Gasteiger partial charge in [0.25, 0.3) is 0 Å². The molecule has 2 rings (SSSR count). The van der Waals surface area contributed by atoms with Crippen molar-refractivity contribution < 1.29 is 14.3 Å². The molecule has 0 spiro atoms. The summed E-state index contributed by atoms with van der Waals surface area (Å²) >= 11 is 0. The third kappa shape index (κ3) is 2.81. The molecule has 1 aromatic carbocycles. The average molecular weight is 278 g/mol. The molecule has 0 aliphatic heterocycles. The Kier molecular flexibility index (Phi) is 4.07. The van der Waals surface area contributed by atoms with Crippen LogP contribution >= 0.6 is 0 Å². The van der Waals surface area contributed by atoms with Gasteiger partial charge in [-0.25, -0.2) is 9.07 Å². The number of aromatic nitrogens is 4. The zero-order chi connectivity index (χ0) is 14.7. The Morgan fingerprint density at radius 1 is 1.50 bits per heavy atom. The number of halogens is 1. The van der Waals surface area contributed by atoms with Gasteiger partial charge < -0.3 is 5.11 Å². The topological polar surface area (TPSA) is 80.9 Å². The summed E-state index contributed by atoms with van der Waals surface area (Å²) < 4.78 is 15.3. The van der Waals surface area contributed by atoms with E-state index >= 15 is 0 Å². The second kappa shape index (κ2) is 5.77. The van der Waals surface area contributed by atoms with Gasteiger partial charge in [-0.1, -0.05) is 18.6 Å². The number of carbonyl (C=O) groups is 1. The number of hydrogen-bond donors (Lipinski definition) is 1. The van der Waals surface area contributed by atoms with Crippen molar-refractivity contribution in [1.82, 2.24) is 20.2 Å². The van der Waals surface area contributed by atoms with Crippen molar-refractivity contribution in [2.24, 2.45) is 0 Å². The predicted octanol–water partition coefficient (Wildman–Crippen LogP) is 2.21. The van der Waals surface area contributed by atoms with Crippen molar-refractivity contribution in [3.8, 4) is 11.4 Å². The maximum atomic E-state index is 13.9. The molecule has 2 aromatic rings. The van der Waals surface area contributed by atoms with E-state index in [1.165, 1.54) is 10.7 Å². The van der Waals surface area contributed by atoms with Crippen molar-refractivity contribution in [2.45, 2.75) is 32.7 Å². The molecule has 0 radical (unpaired) electrons. The lowest BCUT2D eigenvalue weighted by Crippen LogP contribution is -2.16. The van der Waals surface area contributed by atoms with E-state index in [9.17, 15) is 9.18 Å². The maximum absolute atomic E-state index is 13.9. The first-order valence-corrected chi connectivity index (χ1v) is 6.29. The minimum absolute atomic E-state index is 0.109. The van der Waals surface area contributed by atoms with E-state index in [2.05, 4.69) is 15.5 Å². The number of nitrogens with zero attached hydrogens (tertiary/aromatic N) is 4. The van der Waals surface area contributed by atoms with Crippen molar-refractivity contribution in [3.63, 3.8) is 0 Å². The summed E-state index contributed by atoms with van der Waals surface area (Å²) in [7, 11) is 0. The molecule has 6 nitrogen and oxygen atoms in total. The van der Waals surface area contributed by atoms with E-state index in [1.54, 1.807) is 12.1 Å². The molecule has 1 aromatic heterocycles. The molecule has 1 atom stereocenters. The first kappa shape index (κ1) is 14.1. The summed E-state index contributed by atoms with van der Waals surface area (Å²) in [4.78, 5) is 10.9. The molecule has 7 heteroatoms. The van der Waals surface area contributed by atoms with Crippen LogP contribution in [-0.4, -0.2) is 31.3 Å².